The van der Waals surface area contributed by atoms with Crippen molar-refractivity contribution >= 4 is 11.9 Å². The number of hydrogen-bond donors (Lipinski definition) is 0. The van der Waals surface area contributed by atoms with E-state index in [0.29, 0.717) is 19.0 Å². The molecule has 1 saturated heterocycles. The minimum absolute atomic E-state index is 0.188. The summed E-state index contributed by atoms with van der Waals surface area (Å²) in [5.74, 6) is 1.51. The molecule has 0 unspecified atom stereocenters. The van der Waals surface area contributed by atoms with E-state index in [4.69, 9.17) is 4.74 Å². The Hall–Kier alpha value is -1.85. The largest absolute Gasteiger partial charge is 0.444 e. The van der Waals surface area contributed by atoms with Gasteiger partial charge in [-0.3, -0.25) is 0 Å². The summed E-state index contributed by atoms with van der Waals surface area (Å²) < 4.78 is 5.47. The zero-order valence-electron chi connectivity index (χ0n) is 15.7. The van der Waals surface area contributed by atoms with E-state index in [1.54, 1.807) is 11.2 Å². The highest BCUT2D eigenvalue weighted by molar-refractivity contribution is 5.68. The predicted molar refractivity (Wildman–Crippen MR) is 95.2 cm³/mol. The molecule has 6 heteroatoms. The van der Waals surface area contributed by atoms with Crippen molar-refractivity contribution in [3.05, 3.63) is 18.1 Å². The first kappa shape index (κ1) is 18.5. The molecule has 0 bridgehead atoms. The van der Waals surface area contributed by atoms with E-state index < -0.39 is 5.60 Å². The van der Waals surface area contributed by atoms with E-state index in [2.05, 4.69) is 41.7 Å². The summed E-state index contributed by atoms with van der Waals surface area (Å²) in [6, 6.07) is 2.26. The van der Waals surface area contributed by atoms with E-state index >= 15 is 0 Å². The van der Waals surface area contributed by atoms with E-state index in [9.17, 15) is 4.79 Å². The fourth-order valence-electron chi connectivity index (χ4n) is 2.86. The quantitative estimate of drug-likeness (QED) is 0.850. The van der Waals surface area contributed by atoms with Crippen molar-refractivity contribution in [3.8, 4) is 0 Å². The SMILES string of the molecule is CC(C)Cc1cc(N2CCN(C(=O)OC(C)(C)C)C[C@@H]2C)ncn1. The molecule has 1 aromatic rings. The third-order valence-electron chi connectivity index (χ3n) is 3.90. The molecule has 1 amide bonds. The second-order valence-corrected chi connectivity index (χ2v) is 7.93. The second kappa shape index (κ2) is 7.36. The number of aromatic nitrogens is 2. The third-order valence-corrected chi connectivity index (χ3v) is 3.90. The zero-order valence-corrected chi connectivity index (χ0v) is 15.7. The Labute approximate surface area is 145 Å². The van der Waals surface area contributed by atoms with Crippen LogP contribution in [-0.4, -0.2) is 52.2 Å². The molecule has 1 fully saturated rings. The monoisotopic (exact) mass is 334 g/mol. The maximum Gasteiger partial charge on any atom is 0.410 e. The van der Waals surface area contributed by atoms with Gasteiger partial charge in [0.05, 0.1) is 0 Å². The lowest BCUT2D eigenvalue weighted by Crippen LogP contribution is -2.54. The van der Waals surface area contributed by atoms with Crippen LogP contribution in [0.5, 0.6) is 0 Å². The van der Waals surface area contributed by atoms with Gasteiger partial charge in [-0.25, -0.2) is 14.8 Å². The summed E-state index contributed by atoms with van der Waals surface area (Å²) >= 11 is 0. The highest BCUT2D eigenvalue weighted by Gasteiger charge is 2.30. The Kier molecular flexibility index (Phi) is 5.67. The molecule has 2 rings (SSSR count). The molecular formula is C18H30N4O2. The lowest BCUT2D eigenvalue weighted by Gasteiger charge is -2.40. The predicted octanol–water partition coefficient (Wildman–Crippen LogP) is 3.12. The van der Waals surface area contributed by atoms with Gasteiger partial charge >= 0.3 is 6.09 Å². The van der Waals surface area contributed by atoms with E-state index in [-0.39, 0.29) is 12.1 Å². The van der Waals surface area contributed by atoms with Gasteiger partial charge in [0.25, 0.3) is 0 Å². The molecule has 1 aliphatic heterocycles. The highest BCUT2D eigenvalue weighted by Crippen LogP contribution is 2.21. The average molecular weight is 334 g/mol. The second-order valence-electron chi connectivity index (χ2n) is 7.93. The Morgan fingerprint density at radius 3 is 2.62 bits per heavy atom. The van der Waals surface area contributed by atoms with Crippen molar-refractivity contribution in [3.63, 3.8) is 0 Å². The number of carbonyl (C=O) groups is 1. The zero-order chi connectivity index (χ0) is 17.9. The topological polar surface area (TPSA) is 58.6 Å². The summed E-state index contributed by atoms with van der Waals surface area (Å²) in [6.45, 7) is 14.2. The van der Waals surface area contributed by atoms with Crippen LogP contribution in [-0.2, 0) is 11.2 Å². The molecule has 0 aliphatic carbocycles. The molecule has 0 aromatic carbocycles. The van der Waals surface area contributed by atoms with Gasteiger partial charge < -0.3 is 14.5 Å². The lowest BCUT2D eigenvalue weighted by molar-refractivity contribution is 0.0218. The number of rotatable bonds is 3. The molecule has 2 heterocycles. The Morgan fingerprint density at radius 1 is 1.33 bits per heavy atom. The van der Waals surface area contributed by atoms with Crippen LogP contribution >= 0.6 is 0 Å². The molecule has 134 valence electrons. The summed E-state index contributed by atoms with van der Waals surface area (Å²) in [7, 11) is 0. The molecule has 6 nitrogen and oxygen atoms in total. The number of nitrogens with zero attached hydrogens (tertiary/aromatic N) is 4. The van der Waals surface area contributed by atoms with Crippen LogP contribution in [0.4, 0.5) is 10.6 Å². The summed E-state index contributed by atoms with van der Waals surface area (Å²) in [5, 5.41) is 0. The van der Waals surface area contributed by atoms with Gasteiger partial charge in [0.2, 0.25) is 0 Å². The Balaban J connectivity index is 2.02. The smallest absolute Gasteiger partial charge is 0.410 e. The molecule has 0 saturated carbocycles. The maximum absolute atomic E-state index is 12.2. The van der Waals surface area contributed by atoms with Crippen molar-refractivity contribution in [2.75, 3.05) is 24.5 Å². The van der Waals surface area contributed by atoms with E-state index in [1.807, 2.05) is 20.8 Å². The van der Waals surface area contributed by atoms with Gasteiger partial charge in [-0.2, -0.15) is 0 Å². The molecular weight excluding hydrogens is 304 g/mol. The molecule has 1 aliphatic rings. The van der Waals surface area contributed by atoms with Gasteiger partial charge in [-0.05, 0) is 40.0 Å². The van der Waals surface area contributed by atoms with Gasteiger partial charge in [0.15, 0.2) is 0 Å². The van der Waals surface area contributed by atoms with Crippen LogP contribution in [0.2, 0.25) is 0 Å². The van der Waals surface area contributed by atoms with Gasteiger partial charge in [0.1, 0.15) is 17.7 Å². The van der Waals surface area contributed by atoms with Crippen LogP contribution in [0.15, 0.2) is 12.4 Å². The van der Waals surface area contributed by atoms with Crippen LogP contribution in [0, 0.1) is 5.92 Å². The van der Waals surface area contributed by atoms with Crippen molar-refractivity contribution in [2.24, 2.45) is 5.92 Å². The van der Waals surface area contributed by atoms with E-state index in [0.717, 1.165) is 24.5 Å². The number of hydrogen-bond acceptors (Lipinski definition) is 5. The minimum atomic E-state index is -0.462. The number of amides is 1. The number of anilines is 1. The standard InChI is InChI=1S/C18H30N4O2/c1-13(2)9-15-10-16(20-12-19-15)22-8-7-21(11-14(22)3)17(23)24-18(4,5)6/h10,12-14H,7-9,11H2,1-6H3/t14-/m0/s1. The van der Waals surface area contributed by atoms with Gasteiger partial charge in [0, 0.05) is 37.4 Å². The fourth-order valence-corrected chi connectivity index (χ4v) is 2.86. The first-order valence-electron chi connectivity index (χ1n) is 8.71. The average Bonchev–Trinajstić information content (AvgIpc) is 2.44. The van der Waals surface area contributed by atoms with Crippen LogP contribution in [0.1, 0.15) is 47.2 Å². The highest BCUT2D eigenvalue weighted by atomic mass is 16.6. The van der Waals surface area contributed by atoms with Crippen molar-refractivity contribution in [1.29, 1.82) is 0 Å². The molecule has 1 aromatic heterocycles. The Morgan fingerprint density at radius 2 is 2.04 bits per heavy atom. The summed E-state index contributed by atoms with van der Waals surface area (Å²) in [6.07, 6.45) is 2.35. The molecule has 1 atom stereocenters. The van der Waals surface area contributed by atoms with E-state index in [1.165, 1.54) is 0 Å². The number of carbonyl (C=O) groups excluding carboxylic acids is 1. The molecule has 0 spiro atoms. The normalized spacial score (nSPS) is 18.9. The Bertz CT molecular complexity index is 568. The lowest BCUT2D eigenvalue weighted by atomic mass is 10.1. The molecule has 0 N–H and O–H groups in total. The summed E-state index contributed by atoms with van der Waals surface area (Å²) in [4.78, 5) is 25.1. The fraction of sp³-hybridized carbons (Fsp3) is 0.722. The van der Waals surface area contributed by atoms with Gasteiger partial charge in [-0.15, -0.1) is 0 Å². The van der Waals surface area contributed by atoms with Crippen molar-refractivity contribution in [1.82, 2.24) is 14.9 Å². The number of ether oxygens (including phenoxy) is 1. The minimum Gasteiger partial charge on any atom is -0.444 e. The number of piperazine rings is 1. The van der Waals surface area contributed by atoms with Crippen molar-refractivity contribution < 1.29 is 9.53 Å². The first-order valence-corrected chi connectivity index (χ1v) is 8.71. The maximum atomic E-state index is 12.2. The first-order chi connectivity index (χ1) is 11.2. The van der Waals surface area contributed by atoms with Crippen LogP contribution < -0.4 is 4.90 Å². The molecule has 0 radical (unpaired) electrons. The van der Waals surface area contributed by atoms with Gasteiger partial charge in [-0.1, -0.05) is 13.8 Å². The molecule has 24 heavy (non-hydrogen) atoms. The third kappa shape index (κ3) is 5.08. The van der Waals surface area contributed by atoms with Crippen molar-refractivity contribution in [2.45, 2.75) is 59.6 Å². The summed E-state index contributed by atoms with van der Waals surface area (Å²) in [5.41, 5.74) is 0.604. The van der Waals surface area contributed by atoms with Crippen LogP contribution in [0.25, 0.3) is 0 Å². The van der Waals surface area contributed by atoms with Crippen LogP contribution in [0.3, 0.4) is 0 Å².